The van der Waals surface area contributed by atoms with Crippen LogP contribution in [0.1, 0.15) is 51.5 Å². The number of carbonyl (C=O) groups is 2. The SMILES string of the molecule is CC(C)[C@H](NC(=O)[C@@H](N)Cc1ccccc1)C(=O)NC[C@@H](O)CP(=O)(O)CC1CCCCC1. The third-order valence-corrected chi connectivity index (χ3v) is 8.24. The summed E-state index contributed by atoms with van der Waals surface area (Å²) in [6, 6.07) is 7.77. The van der Waals surface area contributed by atoms with Crippen molar-refractivity contribution in [2.24, 2.45) is 17.6 Å². The second kappa shape index (κ2) is 13.2. The van der Waals surface area contributed by atoms with Crippen molar-refractivity contribution in [3.8, 4) is 0 Å². The summed E-state index contributed by atoms with van der Waals surface area (Å²) >= 11 is 0. The molecule has 1 saturated carbocycles. The lowest BCUT2D eigenvalue weighted by atomic mass is 9.91. The Morgan fingerprint density at radius 2 is 1.76 bits per heavy atom. The van der Waals surface area contributed by atoms with Gasteiger partial charge in [-0.25, -0.2) is 0 Å². The number of rotatable bonds is 12. The highest BCUT2D eigenvalue weighted by atomic mass is 31.2. The van der Waals surface area contributed by atoms with E-state index >= 15 is 0 Å². The van der Waals surface area contributed by atoms with Gasteiger partial charge in [0.1, 0.15) is 6.04 Å². The quantitative estimate of drug-likeness (QED) is 0.289. The molecule has 1 aromatic carbocycles. The van der Waals surface area contributed by atoms with Crippen LogP contribution in [0.15, 0.2) is 30.3 Å². The number of aliphatic hydroxyl groups is 1. The van der Waals surface area contributed by atoms with E-state index in [-0.39, 0.29) is 30.7 Å². The summed E-state index contributed by atoms with van der Waals surface area (Å²) in [5.74, 6) is -0.854. The molecular formula is C24H40N3O5P. The third-order valence-electron chi connectivity index (χ3n) is 6.16. The van der Waals surface area contributed by atoms with Gasteiger partial charge in [-0.05, 0) is 36.7 Å². The fourth-order valence-corrected chi connectivity index (χ4v) is 6.43. The molecule has 0 heterocycles. The molecule has 1 unspecified atom stereocenters. The van der Waals surface area contributed by atoms with Gasteiger partial charge in [-0.2, -0.15) is 0 Å². The van der Waals surface area contributed by atoms with Crippen molar-refractivity contribution < 1.29 is 24.2 Å². The molecule has 0 bridgehead atoms. The second-order valence-corrected chi connectivity index (χ2v) is 12.1. The summed E-state index contributed by atoms with van der Waals surface area (Å²) in [6.45, 7) is 3.45. The van der Waals surface area contributed by atoms with Crippen LogP contribution in [0.3, 0.4) is 0 Å². The average molecular weight is 482 g/mol. The summed E-state index contributed by atoms with van der Waals surface area (Å²) in [6.07, 6.45) is 4.46. The Kier molecular flexibility index (Phi) is 11.0. The van der Waals surface area contributed by atoms with Gasteiger partial charge in [-0.3, -0.25) is 14.2 Å². The Balaban J connectivity index is 1.82. The Labute approximate surface area is 197 Å². The zero-order valence-corrected chi connectivity index (χ0v) is 20.7. The van der Waals surface area contributed by atoms with Crippen molar-refractivity contribution in [2.45, 2.75) is 70.6 Å². The van der Waals surface area contributed by atoms with Crippen LogP contribution in [0.4, 0.5) is 0 Å². The predicted octanol–water partition coefficient (Wildman–Crippen LogP) is 2.02. The maximum absolute atomic E-state index is 12.7. The number of hydrogen-bond acceptors (Lipinski definition) is 5. The van der Waals surface area contributed by atoms with E-state index in [4.69, 9.17) is 5.73 Å². The van der Waals surface area contributed by atoms with Gasteiger partial charge < -0.3 is 26.4 Å². The van der Waals surface area contributed by atoms with Gasteiger partial charge in [0.25, 0.3) is 0 Å². The molecule has 0 aliphatic heterocycles. The van der Waals surface area contributed by atoms with Crippen LogP contribution in [-0.4, -0.2) is 58.9 Å². The monoisotopic (exact) mass is 481 g/mol. The predicted molar refractivity (Wildman–Crippen MR) is 130 cm³/mol. The molecule has 8 nitrogen and oxygen atoms in total. The molecule has 9 heteroatoms. The maximum atomic E-state index is 12.7. The van der Waals surface area contributed by atoms with Crippen molar-refractivity contribution in [3.05, 3.63) is 35.9 Å². The van der Waals surface area contributed by atoms with Crippen LogP contribution < -0.4 is 16.4 Å². The number of nitrogens with two attached hydrogens (primary N) is 1. The highest BCUT2D eigenvalue weighted by molar-refractivity contribution is 7.58. The van der Waals surface area contributed by atoms with E-state index in [1.165, 1.54) is 6.42 Å². The minimum atomic E-state index is -3.48. The summed E-state index contributed by atoms with van der Waals surface area (Å²) in [5, 5.41) is 15.6. The van der Waals surface area contributed by atoms with Gasteiger partial charge in [-0.15, -0.1) is 0 Å². The first-order chi connectivity index (χ1) is 15.6. The number of nitrogens with one attached hydrogen (secondary N) is 2. The molecule has 1 fully saturated rings. The second-order valence-electron chi connectivity index (χ2n) is 9.64. The standard InChI is InChI=1S/C24H40N3O5P/c1-17(2)22(27-23(29)21(25)13-18-9-5-3-6-10-18)24(30)26-14-20(28)16-33(31,32)15-19-11-7-4-8-12-19/h3,5-6,9-10,17,19-22,28H,4,7-8,11-16,25H2,1-2H3,(H,26,30)(H,27,29)(H,31,32)/t20-,21+,22+/m1/s1. The normalized spacial score (nSPS) is 19.3. The Hall–Kier alpha value is -1.73. The fourth-order valence-electron chi connectivity index (χ4n) is 4.33. The van der Waals surface area contributed by atoms with Crippen molar-refractivity contribution in [3.63, 3.8) is 0 Å². The summed E-state index contributed by atoms with van der Waals surface area (Å²) < 4.78 is 12.6. The van der Waals surface area contributed by atoms with Gasteiger partial charge in [0, 0.05) is 12.7 Å². The summed E-state index contributed by atoms with van der Waals surface area (Å²) in [5.41, 5.74) is 6.95. The van der Waals surface area contributed by atoms with Crippen molar-refractivity contribution in [1.82, 2.24) is 10.6 Å². The lowest BCUT2D eigenvalue weighted by Gasteiger charge is -2.26. The molecule has 1 aromatic rings. The van der Waals surface area contributed by atoms with E-state index in [1.807, 2.05) is 30.3 Å². The van der Waals surface area contributed by atoms with Gasteiger partial charge in [0.2, 0.25) is 19.2 Å². The molecule has 4 atom stereocenters. The average Bonchev–Trinajstić information content (AvgIpc) is 2.76. The highest BCUT2D eigenvalue weighted by Crippen LogP contribution is 2.45. The first-order valence-corrected chi connectivity index (χ1v) is 14.0. The molecular weight excluding hydrogens is 441 g/mol. The number of benzene rings is 1. The molecule has 2 rings (SSSR count). The van der Waals surface area contributed by atoms with E-state index in [9.17, 15) is 24.2 Å². The van der Waals surface area contributed by atoms with E-state index in [0.29, 0.717) is 6.42 Å². The van der Waals surface area contributed by atoms with Gasteiger partial charge in [-0.1, -0.05) is 63.4 Å². The first-order valence-electron chi connectivity index (χ1n) is 11.9. The van der Waals surface area contributed by atoms with Crippen LogP contribution >= 0.6 is 7.37 Å². The molecule has 186 valence electrons. The van der Waals surface area contributed by atoms with Gasteiger partial charge in [0.05, 0.1) is 18.3 Å². The Morgan fingerprint density at radius 1 is 1.12 bits per heavy atom. The number of hydrogen-bond donors (Lipinski definition) is 5. The Morgan fingerprint density at radius 3 is 2.36 bits per heavy atom. The number of carbonyl (C=O) groups excluding carboxylic acids is 2. The van der Waals surface area contributed by atoms with Crippen molar-refractivity contribution in [1.29, 1.82) is 0 Å². The Bertz CT molecular complexity index is 799. The molecule has 6 N–H and O–H groups in total. The zero-order valence-electron chi connectivity index (χ0n) is 19.8. The molecule has 0 aromatic heterocycles. The van der Waals surface area contributed by atoms with Crippen LogP contribution in [-0.2, 0) is 20.6 Å². The minimum absolute atomic E-state index is 0.150. The van der Waals surface area contributed by atoms with Crippen LogP contribution in [0.2, 0.25) is 0 Å². The van der Waals surface area contributed by atoms with E-state index in [2.05, 4.69) is 10.6 Å². The zero-order chi connectivity index (χ0) is 24.4. The lowest BCUT2D eigenvalue weighted by molar-refractivity contribution is -0.130. The molecule has 1 aliphatic rings. The van der Waals surface area contributed by atoms with E-state index in [1.54, 1.807) is 13.8 Å². The smallest absolute Gasteiger partial charge is 0.242 e. The largest absolute Gasteiger partial charge is 0.391 e. The van der Waals surface area contributed by atoms with Crippen LogP contribution in [0.5, 0.6) is 0 Å². The molecule has 0 radical (unpaired) electrons. The molecule has 2 amide bonds. The number of aliphatic hydroxyl groups excluding tert-OH is 1. The van der Waals surface area contributed by atoms with E-state index < -0.39 is 37.4 Å². The van der Waals surface area contributed by atoms with E-state index in [0.717, 1.165) is 31.2 Å². The minimum Gasteiger partial charge on any atom is -0.391 e. The third kappa shape index (κ3) is 9.97. The number of amides is 2. The van der Waals surface area contributed by atoms with Crippen molar-refractivity contribution in [2.75, 3.05) is 18.9 Å². The summed E-state index contributed by atoms with van der Waals surface area (Å²) in [4.78, 5) is 35.5. The molecule has 0 saturated heterocycles. The lowest BCUT2D eigenvalue weighted by Crippen LogP contribution is -2.55. The fraction of sp³-hybridized carbons (Fsp3) is 0.667. The molecule has 33 heavy (non-hydrogen) atoms. The topological polar surface area (TPSA) is 142 Å². The van der Waals surface area contributed by atoms with Crippen molar-refractivity contribution >= 4 is 19.2 Å². The molecule has 1 aliphatic carbocycles. The first kappa shape index (κ1) is 27.5. The van der Waals surface area contributed by atoms with Crippen LogP contribution in [0, 0.1) is 11.8 Å². The summed E-state index contributed by atoms with van der Waals surface area (Å²) in [7, 11) is -3.48. The maximum Gasteiger partial charge on any atom is 0.242 e. The van der Waals surface area contributed by atoms with Crippen LogP contribution in [0.25, 0.3) is 0 Å². The van der Waals surface area contributed by atoms with Gasteiger partial charge >= 0.3 is 0 Å². The molecule has 0 spiro atoms. The highest BCUT2D eigenvalue weighted by Gasteiger charge is 2.30. The van der Waals surface area contributed by atoms with Gasteiger partial charge in [0.15, 0.2) is 0 Å².